The first-order valence-corrected chi connectivity index (χ1v) is 7.33. The van der Waals surface area contributed by atoms with E-state index in [9.17, 15) is 13.2 Å². The summed E-state index contributed by atoms with van der Waals surface area (Å²) in [6.07, 6.45) is -0.990. The van der Waals surface area contributed by atoms with Gasteiger partial charge in [0.2, 0.25) is 0 Å². The molecule has 0 aliphatic rings. The molecule has 4 aromatic rings. The Morgan fingerprint density at radius 3 is 2.56 bits per heavy atom. The average molecular weight is 347 g/mol. The van der Waals surface area contributed by atoms with Gasteiger partial charge in [0.05, 0.1) is 11.4 Å². The van der Waals surface area contributed by atoms with Crippen molar-refractivity contribution in [3.63, 3.8) is 0 Å². The molecule has 4 aromatic heterocycles. The maximum atomic E-state index is 12.9. The Morgan fingerprint density at radius 1 is 1.00 bits per heavy atom. The van der Waals surface area contributed by atoms with Crippen molar-refractivity contribution >= 4 is 22.9 Å². The molecule has 0 radical (unpaired) electrons. The second-order valence-corrected chi connectivity index (χ2v) is 5.62. The smallest absolute Gasteiger partial charge is 0.339 e. The minimum Gasteiger partial charge on any atom is -0.339 e. The summed E-state index contributed by atoms with van der Waals surface area (Å²) in [5, 5.41) is 6.58. The van der Waals surface area contributed by atoms with E-state index in [-0.39, 0.29) is 5.78 Å². The van der Waals surface area contributed by atoms with Gasteiger partial charge in [-0.25, -0.2) is 9.97 Å². The molecule has 0 saturated heterocycles. The number of aryl methyl sites for hydroxylation is 2. The average Bonchev–Trinajstić information content (AvgIpc) is 3.08. The summed E-state index contributed by atoms with van der Waals surface area (Å²) >= 11 is 0. The normalized spacial score (nSPS) is 12.2. The van der Waals surface area contributed by atoms with Crippen molar-refractivity contribution in [2.45, 2.75) is 20.0 Å². The Bertz CT molecular complexity index is 1090. The van der Waals surface area contributed by atoms with Crippen LogP contribution in [-0.4, -0.2) is 29.0 Å². The van der Waals surface area contributed by atoms with Crippen molar-refractivity contribution in [3.8, 4) is 0 Å². The summed E-state index contributed by atoms with van der Waals surface area (Å²) in [5.74, 6) is -1.01. The number of rotatable bonds is 2. The van der Waals surface area contributed by atoms with E-state index in [4.69, 9.17) is 0 Å². The van der Waals surface area contributed by atoms with Gasteiger partial charge in [-0.1, -0.05) is 0 Å². The predicted molar refractivity (Wildman–Crippen MR) is 83.7 cm³/mol. The zero-order valence-corrected chi connectivity index (χ0v) is 13.2. The first-order chi connectivity index (χ1) is 11.8. The zero-order chi connectivity index (χ0) is 17.8. The van der Waals surface area contributed by atoms with Gasteiger partial charge in [0.1, 0.15) is 11.5 Å². The number of anilines is 2. The van der Waals surface area contributed by atoms with Crippen LogP contribution in [0.25, 0.3) is 11.4 Å². The molecule has 0 spiro atoms. The third-order valence-electron chi connectivity index (χ3n) is 3.54. The molecule has 25 heavy (non-hydrogen) atoms. The maximum Gasteiger partial charge on any atom is 0.453 e. The van der Waals surface area contributed by atoms with Crippen LogP contribution in [0.2, 0.25) is 0 Å². The molecular formula is C15H12F3N7. The summed E-state index contributed by atoms with van der Waals surface area (Å²) in [7, 11) is 0. The van der Waals surface area contributed by atoms with Crippen LogP contribution in [0.4, 0.5) is 24.7 Å². The SMILES string of the molecule is Cc1cn2cc(Nc3cc(C)nc4nc(C(F)(F)F)nn34)ccc2n1. The van der Waals surface area contributed by atoms with E-state index in [1.807, 2.05) is 23.6 Å². The Hall–Kier alpha value is -3.17. The number of alkyl halides is 3. The van der Waals surface area contributed by atoms with Gasteiger partial charge in [-0.3, -0.25) is 0 Å². The minimum atomic E-state index is -4.63. The van der Waals surface area contributed by atoms with Crippen molar-refractivity contribution in [2.75, 3.05) is 5.32 Å². The first kappa shape index (κ1) is 15.4. The lowest BCUT2D eigenvalue weighted by atomic mass is 10.3. The molecule has 0 fully saturated rings. The number of nitrogens with zero attached hydrogens (tertiary/aromatic N) is 6. The van der Waals surface area contributed by atoms with E-state index in [1.54, 1.807) is 25.3 Å². The van der Waals surface area contributed by atoms with Gasteiger partial charge in [0.25, 0.3) is 11.6 Å². The van der Waals surface area contributed by atoms with E-state index in [1.165, 1.54) is 0 Å². The van der Waals surface area contributed by atoms with Gasteiger partial charge in [0, 0.05) is 24.2 Å². The lowest BCUT2D eigenvalue weighted by Crippen LogP contribution is -2.08. The summed E-state index contributed by atoms with van der Waals surface area (Å²) in [4.78, 5) is 11.8. The van der Waals surface area contributed by atoms with E-state index in [2.05, 4.69) is 25.4 Å². The van der Waals surface area contributed by atoms with Crippen LogP contribution < -0.4 is 5.32 Å². The Balaban J connectivity index is 1.80. The highest BCUT2D eigenvalue weighted by atomic mass is 19.4. The van der Waals surface area contributed by atoms with Crippen LogP contribution in [0.15, 0.2) is 30.6 Å². The summed E-state index contributed by atoms with van der Waals surface area (Å²) in [6, 6.07) is 5.19. The van der Waals surface area contributed by atoms with Crippen LogP contribution >= 0.6 is 0 Å². The zero-order valence-electron chi connectivity index (χ0n) is 13.2. The molecule has 0 atom stereocenters. The summed E-state index contributed by atoms with van der Waals surface area (Å²) < 4.78 is 41.5. The lowest BCUT2D eigenvalue weighted by Gasteiger charge is -2.09. The molecule has 0 saturated carbocycles. The quantitative estimate of drug-likeness (QED) is 0.603. The van der Waals surface area contributed by atoms with Crippen molar-refractivity contribution in [1.29, 1.82) is 0 Å². The number of hydrogen-bond acceptors (Lipinski definition) is 5. The molecule has 0 aliphatic heterocycles. The summed E-state index contributed by atoms with van der Waals surface area (Å²) in [5.41, 5.74) is 2.83. The van der Waals surface area contributed by atoms with Crippen molar-refractivity contribution < 1.29 is 13.2 Å². The Labute approximate surface area is 139 Å². The second kappa shape index (κ2) is 5.16. The van der Waals surface area contributed by atoms with Crippen molar-refractivity contribution in [3.05, 3.63) is 47.8 Å². The third-order valence-corrected chi connectivity index (χ3v) is 3.54. The van der Waals surface area contributed by atoms with E-state index >= 15 is 0 Å². The number of nitrogens with one attached hydrogen (secondary N) is 1. The molecule has 1 N–H and O–H groups in total. The fraction of sp³-hybridized carbons (Fsp3) is 0.200. The number of hydrogen-bond donors (Lipinski definition) is 1. The number of halogens is 3. The standard InChI is InChI=1S/C15H12F3N7/c1-8-5-12(25-14(20-8)22-13(23-25)15(16,17)18)21-10-3-4-11-19-9(2)6-24(11)7-10/h3-7,21H,1-2H3. The number of aromatic nitrogens is 6. The Kier molecular flexibility index (Phi) is 3.17. The summed E-state index contributed by atoms with van der Waals surface area (Å²) in [6.45, 7) is 3.56. The molecule has 10 heteroatoms. The van der Waals surface area contributed by atoms with E-state index in [0.29, 0.717) is 17.2 Å². The van der Waals surface area contributed by atoms with Gasteiger partial charge >= 0.3 is 6.18 Å². The van der Waals surface area contributed by atoms with E-state index < -0.39 is 12.0 Å². The van der Waals surface area contributed by atoms with Crippen LogP contribution in [0.1, 0.15) is 17.2 Å². The van der Waals surface area contributed by atoms with Crippen LogP contribution in [0.5, 0.6) is 0 Å². The van der Waals surface area contributed by atoms with Gasteiger partial charge < -0.3 is 9.72 Å². The largest absolute Gasteiger partial charge is 0.453 e. The minimum absolute atomic E-state index is 0.116. The van der Waals surface area contributed by atoms with Crippen LogP contribution in [0, 0.1) is 13.8 Å². The van der Waals surface area contributed by atoms with Gasteiger partial charge in [-0.05, 0) is 26.0 Å². The second-order valence-electron chi connectivity index (χ2n) is 5.62. The molecule has 128 valence electrons. The highest BCUT2D eigenvalue weighted by Crippen LogP contribution is 2.27. The molecular weight excluding hydrogens is 335 g/mol. The van der Waals surface area contributed by atoms with Gasteiger partial charge in [-0.15, -0.1) is 5.10 Å². The predicted octanol–water partition coefficient (Wildman–Crippen LogP) is 3.15. The number of fused-ring (bicyclic) bond motifs is 2. The first-order valence-electron chi connectivity index (χ1n) is 7.33. The van der Waals surface area contributed by atoms with Gasteiger partial charge in [-0.2, -0.15) is 22.7 Å². The molecule has 0 aromatic carbocycles. The molecule has 4 heterocycles. The highest BCUT2D eigenvalue weighted by Gasteiger charge is 2.36. The molecule has 0 aliphatic carbocycles. The fourth-order valence-electron chi connectivity index (χ4n) is 2.54. The van der Waals surface area contributed by atoms with Crippen molar-refractivity contribution in [1.82, 2.24) is 29.0 Å². The van der Waals surface area contributed by atoms with Crippen LogP contribution in [-0.2, 0) is 6.18 Å². The molecule has 0 unspecified atom stereocenters. The lowest BCUT2D eigenvalue weighted by molar-refractivity contribution is -0.144. The third kappa shape index (κ3) is 2.75. The van der Waals surface area contributed by atoms with Gasteiger partial charge in [0.15, 0.2) is 0 Å². The topological polar surface area (TPSA) is 72.4 Å². The fourth-order valence-corrected chi connectivity index (χ4v) is 2.54. The van der Waals surface area contributed by atoms with Crippen molar-refractivity contribution in [2.24, 2.45) is 0 Å². The number of imidazole rings is 1. The highest BCUT2D eigenvalue weighted by molar-refractivity contribution is 5.60. The van der Waals surface area contributed by atoms with E-state index in [0.717, 1.165) is 15.9 Å². The maximum absolute atomic E-state index is 12.9. The molecule has 0 bridgehead atoms. The molecule has 4 rings (SSSR count). The molecule has 0 amide bonds. The number of pyridine rings is 1. The molecule has 7 nitrogen and oxygen atoms in total. The Morgan fingerprint density at radius 2 is 1.80 bits per heavy atom. The monoisotopic (exact) mass is 347 g/mol. The van der Waals surface area contributed by atoms with Crippen LogP contribution in [0.3, 0.4) is 0 Å².